The Hall–Kier alpha value is -4.34. The third kappa shape index (κ3) is 10.8. The van der Waals surface area contributed by atoms with E-state index in [2.05, 4.69) is 6.92 Å². The third-order valence-corrected chi connectivity index (χ3v) is 8.78. The summed E-state index contributed by atoms with van der Waals surface area (Å²) in [4.78, 5) is 0. The highest BCUT2D eigenvalue weighted by molar-refractivity contribution is 5.68. The van der Waals surface area contributed by atoms with E-state index in [0.29, 0.717) is 30.6 Å². The molecule has 10 heteroatoms. The van der Waals surface area contributed by atoms with Crippen molar-refractivity contribution in [3.8, 4) is 45.3 Å². The van der Waals surface area contributed by atoms with Crippen LogP contribution in [0.5, 0.6) is 23.0 Å². The van der Waals surface area contributed by atoms with Crippen molar-refractivity contribution in [2.24, 2.45) is 5.92 Å². The van der Waals surface area contributed by atoms with Crippen LogP contribution < -0.4 is 18.9 Å². The number of halogens is 6. The molecule has 51 heavy (non-hydrogen) atoms. The molecule has 4 rings (SSSR count). The maximum absolute atomic E-state index is 14.8. The van der Waals surface area contributed by atoms with Crippen LogP contribution in [0.25, 0.3) is 22.3 Å². The summed E-state index contributed by atoms with van der Waals surface area (Å²) in [5.41, 5.74) is -0.475. The van der Waals surface area contributed by atoms with Gasteiger partial charge < -0.3 is 18.9 Å². The SMILES string of the molecule is CCOc1ccc(-c2ccc(OCCCCCC(CC)CCCCCOc3ccc(-c4ccc(OCC)c(F)c4F)c(F)c3)cc2F)c(F)c1F. The van der Waals surface area contributed by atoms with Crippen molar-refractivity contribution in [3.63, 3.8) is 0 Å². The predicted octanol–water partition coefficient (Wildman–Crippen LogP) is 12.3. The molecule has 0 radical (unpaired) electrons. The molecular formula is C41H46F6O4. The van der Waals surface area contributed by atoms with Gasteiger partial charge in [0.25, 0.3) is 0 Å². The van der Waals surface area contributed by atoms with Crippen molar-refractivity contribution >= 4 is 0 Å². The molecule has 0 heterocycles. The molecule has 0 saturated heterocycles. The Morgan fingerprint density at radius 3 is 1.24 bits per heavy atom. The second-order valence-electron chi connectivity index (χ2n) is 12.3. The number of unbranched alkanes of at least 4 members (excludes halogenated alkanes) is 4. The van der Waals surface area contributed by atoms with E-state index in [-0.39, 0.29) is 47.0 Å². The monoisotopic (exact) mass is 716 g/mol. The lowest BCUT2D eigenvalue weighted by Crippen LogP contribution is -2.03. The van der Waals surface area contributed by atoms with E-state index in [0.717, 1.165) is 57.8 Å². The van der Waals surface area contributed by atoms with Crippen LogP contribution in [0.2, 0.25) is 0 Å². The van der Waals surface area contributed by atoms with Crippen LogP contribution in [-0.4, -0.2) is 26.4 Å². The number of rotatable bonds is 21. The van der Waals surface area contributed by atoms with Crippen LogP contribution in [0.3, 0.4) is 0 Å². The summed E-state index contributed by atoms with van der Waals surface area (Å²) in [6, 6.07) is 13.4. The summed E-state index contributed by atoms with van der Waals surface area (Å²) in [6.07, 6.45) is 8.95. The summed E-state index contributed by atoms with van der Waals surface area (Å²) in [6.45, 7) is 6.72. The lowest BCUT2D eigenvalue weighted by molar-refractivity contribution is 0.294. The highest BCUT2D eigenvalue weighted by Crippen LogP contribution is 2.34. The summed E-state index contributed by atoms with van der Waals surface area (Å²) >= 11 is 0. The molecule has 0 saturated carbocycles. The van der Waals surface area contributed by atoms with Crippen molar-refractivity contribution in [1.82, 2.24) is 0 Å². The zero-order valence-corrected chi connectivity index (χ0v) is 29.4. The van der Waals surface area contributed by atoms with E-state index in [4.69, 9.17) is 18.9 Å². The van der Waals surface area contributed by atoms with Crippen molar-refractivity contribution in [2.45, 2.75) is 78.6 Å². The molecule has 4 aromatic rings. The van der Waals surface area contributed by atoms with Gasteiger partial charge in [0.15, 0.2) is 23.1 Å². The first-order valence-electron chi connectivity index (χ1n) is 17.7. The molecule has 0 aliphatic heterocycles. The minimum Gasteiger partial charge on any atom is -0.493 e. The number of ether oxygens (including phenoxy) is 4. The van der Waals surface area contributed by atoms with Crippen molar-refractivity contribution in [3.05, 3.63) is 95.6 Å². The summed E-state index contributed by atoms with van der Waals surface area (Å²) < 4.78 is 109. The molecule has 0 fully saturated rings. The zero-order valence-electron chi connectivity index (χ0n) is 29.4. The highest BCUT2D eigenvalue weighted by Gasteiger charge is 2.20. The quantitative estimate of drug-likeness (QED) is 0.0635. The number of benzene rings is 4. The van der Waals surface area contributed by atoms with Crippen LogP contribution in [-0.2, 0) is 0 Å². The molecule has 0 aromatic heterocycles. The van der Waals surface area contributed by atoms with Crippen LogP contribution in [0, 0.1) is 40.8 Å². The van der Waals surface area contributed by atoms with E-state index >= 15 is 0 Å². The average molecular weight is 717 g/mol. The van der Waals surface area contributed by atoms with Crippen molar-refractivity contribution in [1.29, 1.82) is 0 Å². The molecule has 4 aromatic carbocycles. The van der Waals surface area contributed by atoms with Crippen LogP contribution in [0.15, 0.2) is 60.7 Å². The van der Waals surface area contributed by atoms with E-state index in [1.54, 1.807) is 26.0 Å². The standard InChI is InChI=1S/C41H46F6O4/c1-4-27(13-9-7-11-23-50-28-15-17-30(34(42)25-28)32-19-21-36(48-5-2)40(46)38(32)44)14-10-8-12-24-51-29-16-18-31(35(43)26-29)33-20-22-37(49-6-3)41(47)39(33)45/h15-22,25-27H,4-14,23-24H2,1-3H3. The van der Waals surface area contributed by atoms with E-state index in [1.165, 1.54) is 48.5 Å². The maximum atomic E-state index is 14.8. The Bertz CT molecular complexity index is 1590. The second-order valence-corrected chi connectivity index (χ2v) is 12.3. The minimum atomic E-state index is -1.16. The lowest BCUT2D eigenvalue weighted by atomic mass is 9.93. The largest absolute Gasteiger partial charge is 0.493 e. The zero-order chi connectivity index (χ0) is 36.8. The van der Waals surface area contributed by atoms with Gasteiger partial charge in [0.1, 0.15) is 23.1 Å². The molecule has 0 bridgehead atoms. The van der Waals surface area contributed by atoms with E-state index in [9.17, 15) is 26.3 Å². The van der Waals surface area contributed by atoms with Crippen LogP contribution >= 0.6 is 0 Å². The Morgan fingerprint density at radius 2 is 0.863 bits per heavy atom. The highest BCUT2D eigenvalue weighted by atomic mass is 19.2. The topological polar surface area (TPSA) is 36.9 Å². The Morgan fingerprint density at radius 1 is 0.451 bits per heavy atom. The fourth-order valence-electron chi connectivity index (χ4n) is 5.98. The third-order valence-electron chi connectivity index (χ3n) is 8.78. The van der Waals surface area contributed by atoms with E-state index < -0.39 is 34.9 Å². The Labute approximate surface area is 296 Å². The first kappa shape index (κ1) is 39.4. The van der Waals surface area contributed by atoms with Gasteiger partial charge in [-0.2, -0.15) is 8.78 Å². The molecule has 0 unspecified atom stereocenters. The van der Waals surface area contributed by atoms with Gasteiger partial charge in [0.2, 0.25) is 11.6 Å². The molecule has 0 N–H and O–H groups in total. The molecule has 276 valence electrons. The van der Waals surface area contributed by atoms with Gasteiger partial charge in [0, 0.05) is 34.4 Å². The van der Waals surface area contributed by atoms with Crippen molar-refractivity contribution in [2.75, 3.05) is 26.4 Å². The number of hydrogen-bond donors (Lipinski definition) is 0. The predicted molar refractivity (Wildman–Crippen MR) is 188 cm³/mol. The van der Waals surface area contributed by atoms with Crippen LogP contribution in [0.4, 0.5) is 26.3 Å². The van der Waals surface area contributed by atoms with Gasteiger partial charge >= 0.3 is 0 Å². The molecule has 0 amide bonds. The second kappa shape index (κ2) is 19.9. The molecule has 0 aliphatic carbocycles. The smallest absolute Gasteiger partial charge is 0.201 e. The fourth-order valence-corrected chi connectivity index (χ4v) is 5.98. The first-order chi connectivity index (χ1) is 24.7. The van der Waals surface area contributed by atoms with E-state index in [1.807, 2.05) is 0 Å². The average Bonchev–Trinajstić information content (AvgIpc) is 3.12. The van der Waals surface area contributed by atoms with Crippen molar-refractivity contribution < 1.29 is 45.3 Å². The maximum Gasteiger partial charge on any atom is 0.201 e. The fraction of sp³-hybridized carbons (Fsp3) is 0.415. The van der Waals surface area contributed by atoms with Gasteiger partial charge in [-0.15, -0.1) is 0 Å². The minimum absolute atomic E-state index is 0.0555. The molecule has 4 nitrogen and oxygen atoms in total. The molecule has 0 aliphatic rings. The van der Waals surface area contributed by atoms with Gasteiger partial charge in [-0.25, -0.2) is 17.6 Å². The van der Waals surface area contributed by atoms with Gasteiger partial charge in [-0.05, 0) is 81.1 Å². The van der Waals surface area contributed by atoms with Gasteiger partial charge in [-0.1, -0.05) is 51.9 Å². The molecule has 0 atom stereocenters. The Kier molecular flexibility index (Phi) is 15.4. The van der Waals surface area contributed by atoms with Crippen LogP contribution in [0.1, 0.15) is 78.6 Å². The normalized spacial score (nSPS) is 11.3. The Balaban J connectivity index is 1.10. The summed E-state index contributed by atoms with van der Waals surface area (Å²) in [7, 11) is 0. The van der Waals surface area contributed by atoms with Gasteiger partial charge in [-0.3, -0.25) is 0 Å². The first-order valence-corrected chi connectivity index (χ1v) is 17.7. The molecule has 0 spiro atoms. The molecular weight excluding hydrogens is 670 g/mol. The number of hydrogen-bond acceptors (Lipinski definition) is 4. The summed E-state index contributed by atoms with van der Waals surface area (Å²) in [5.74, 6) is -5.18. The summed E-state index contributed by atoms with van der Waals surface area (Å²) in [5, 5.41) is 0. The lowest BCUT2D eigenvalue weighted by Gasteiger charge is -2.15. The van der Waals surface area contributed by atoms with Gasteiger partial charge in [0.05, 0.1) is 26.4 Å².